The molecule has 0 unspecified atom stereocenters. The Hall–Kier alpha value is -0.830. The van der Waals surface area contributed by atoms with Gasteiger partial charge in [0.15, 0.2) is 0 Å². The summed E-state index contributed by atoms with van der Waals surface area (Å²) in [4.78, 5) is 5.09. The maximum absolute atomic E-state index is 5.09. The molecule has 0 saturated heterocycles. The predicted molar refractivity (Wildman–Crippen MR) is 83.1 cm³/mol. The monoisotopic (exact) mass is 275 g/mol. The van der Waals surface area contributed by atoms with Gasteiger partial charge in [-0.25, -0.2) is 4.98 Å². The Labute approximate surface area is 123 Å². The van der Waals surface area contributed by atoms with Gasteiger partial charge in [0.25, 0.3) is 0 Å². The smallest absolute Gasteiger partial charge is 0.112 e. The Morgan fingerprint density at radius 3 is 2.70 bits per heavy atom. The number of imidazole rings is 1. The van der Waals surface area contributed by atoms with Crippen LogP contribution in [0.15, 0.2) is 0 Å². The highest BCUT2D eigenvalue weighted by Gasteiger charge is 2.32. The molecule has 2 heterocycles. The molecule has 20 heavy (non-hydrogen) atoms. The molecule has 0 atom stereocenters. The topological polar surface area (TPSA) is 29.9 Å². The first-order chi connectivity index (χ1) is 9.63. The van der Waals surface area contributed by atoms with Gasteiger partial charge in [-0.2, -0.15) is 0 Å². The fourth-order valence-corrected chi connectivity index (χ4v) is 3.80. The van der Waals surface area contributed by atoms with Crippen molar-refractivity contribution >= 4 is 0 Å². The molecular weight excluding hydrogens is 246 g/mol. The maximum Gasteiger partial charge on any atom is 0.112 e. The van der Waals surface area contributed by atoms with E-state index in [2.05, 4.69) is 30.7 Å². The van der Waals surface area contributed by atoms with E-state index in [0.29, 0.717) is 5.92 Å². The number of hydrogen-bond acceptors (Lipinski definition) is 2. The van der Waals surface area contributed by atoms with Crippen molar-refractivity contribution in [3.05, 3.63) is 17.2 Å². The van der Waals surface area contributed by atoms with Gasteiger partial charge in [0.05, 0.1) is 5.69 Å². The van der Waals surface area contributed by atoms with Crippen LogP contribution in [0.4, 0.5) is 0 Å². The Bertz CT molecular complexity index is 467. The third kappa shape index (κ3) is 2.41. The summed E-state index contributed by atoms with van der Waals surface area (Å²) >= 11 is 0. The Kier molecular flexibility index (Phi) is 3.89. The molecule has 1 aromatic rings. The number of nitrogens with one attached hydrogen (secondary N) is 1. The molecule has 2 aliphatic rings. The molecule has 0 radical (unpaired) electrons. The summed E-state index contributed by atoms with van der Waals surface area (Å²) in [5.74, 6) is 2.09. The number of rotatable bonds is 3. The first-order valence-electron chi connectivity index (χ1n) is 8.45. The number of nitrogens with zero attached hydrogens (tertiary/aromatic N) is 2. The normalized spacial score (nSPS) is 20.9. The summed E-state index contributed by atoms with van der Waals surface area (Å²) < 4.78 is 2.62. The standard InChI is InChI=1S/C17H29N3/c1-4-17(2,3)20-15-10-11-18-12-14(15)19-16(20)13-8-6-5-7-9-13/h13,18H,4-12H2,1-3H3. The first-order valence-corrected chi connectivity index (χ1v) is 8.45. The predicted octanol–water partition coefficient (Wildman–Crippen LogP) is 3.72. The number of aromatic nitrogens is 2. The van der Waals surface area contributed by atoms with E-state index < -0.39 is 0 Å². The van der Waals surface area contributed by atoms with E-state index in [-0.39, 0.29) is 5.54 Å². The van der Waals surface area contributed by atoms with E-state index in [0.717, 1.165) is 19.5 Å². The Morgan fingerprint density at radius 1 is 1.25 bits per heavy atom. The first kappa shape index (κ1) is 14.1. The highest BCUT2D eigenvalue weighted by Crippen LogP contribution is 2.37. The fourth-order valence-electron chi connectivity index (χ4n) is 3.80. The Balaban J connectivity index is 2.05. The van der Waals surface area contributed by atoms with Crippen molar-refractivity contribution in [2.75, 3.05) is 6.54 Å². The summed E-state index contributed by atoms with van der Waals surface area (Å²) in [7, 11) is 0. The summed E-state index contributed by atoms with van der Waals surface area (Å²) in [5.41, 5.74) is 3.03. The Morgan fingerprint density at radius 2 is 2.00 bits per heavy atom. The SMILES string of the molecule is CCC(C)(C)n1c(C2CCCCC2)nc2c1CCNC2. The quantitative estimate of drug-likeness (QED) is 0.911. The van der Waals surface area contributed by atoms with Crippen LogP contribution in [0, 0.1) is 0 Å². The molecule has 3 rings (SSSR count). The van der Waals surface area contributed by atoms with Gasteiger partial charge >= 0.3 is 0 Å². The van der Waals surface area contributed by atoms with Gasteiger partial charge in [0, 0.05) is 36.7 Å². The lowest BCUT2D eigenvalue weighted by Gasteiger charge is -2.33. The van der Waals surface area contributed by atoms with E-state index in [1.807, 2.05) is 0 Å². The van der Waals surface area contributed by atoms with Crippen LogP contribution in [-0.4, -0.2) is 16.1 Å². The van der Waals surface area contributed by atoms with Crippen molar-refractivity contribution in [2.45, 2.75) is 83.7 Å². The summed E-state index contributed by atoms with van der Waals surface area (Å²) in [6.07, 6.45) is 9.16. The highest BCUT2D eigenvalue weighted by atomic mass is 15.2. The van der Waals surface area contributed by atoms with E-state index in [4.69, 9.17) is 4.98 Å². The van der Waals surface area contributed by atoms with Gasteiger partial charge in [0.2, 0.25) is 0 Å². The number of fused-ring (bicyclic) bond motifs is 1. The molecule has 1 saturated carbocycles. The van der Waals surface area contributed by atoms with Crippen molar-refractivity contribution in [1.82, 2.24) is 14.9 Å². The second kappa shape index (κ2) is 5.51. The van der Waals surface area contributed by atoms with Crippen molar-refractivity contribution in [1.29, 1.82) is 0 Å². The summed E-state index contributed by atoms with van der Waals surface area (Å²) in [5, 5.41) is 3.48. The van der Waals surface area contributed by atoms with Gasteiger partial charge in [-0.3, -0.25) is 0 Å². The van der Waals surface area contributed by atoms with E-state index in [9.17, 15) is 0 Å². The second-order valence-corrected chi connectivity index (χ2v) is 7.13. The van der Waals surface area contributed by atoms with E-state index in [1.54, 1.807) is 0 Å². The molecule has 0 amide bonds. The fraction of sp³-hybridized carbons (Fsp3) is 0.824. The molecule has 0 spiro atoms. The van der Waals surface area contributed by atoms with Crippen LogP contribution in [0.3, 0.4) is 0 Å². The van der Waals surface area contributed by atoms with Crippen LogP contribution < -0.4 is 5.32 Å². The van der Waals surface area contributed by atoms with Gasteiger partial charge < -0.3 is 9.88 Å². The zero-order chi connectivity index (χ0) is 14.2. The minimum absolute atomic E-state index is 0.199. The second-order valence-electron chi connectivity index (χ2n) is 7.13. The summed E-state index contributed by atoms with van der Waals surface area (Å²) in [6.45, 7) is 9.12. The lowest BCUT2D eigenvalue weighted by Crippen LogP contribution is -2.33. The molecule has 3 nitrogen and oxygen atoms in total. The average Bonchev–Trinajstić information content (AvgIpc) is 2.88. The molecule has 1 N–H and O–H groups in total. The molecule has 1 aliphatic carbocycles. The lowest BCUT2D eigenvalue weighted by atomic mass is 9.87. The minimum Gasteiger partial charge on any atom is -0.326 e. The molecule has 1 aromatic heterocycles. The largest absolute Gasteiger partial charge is 0.326 e. The zero-order valence-electron chi connectivity index (χ0n) is 13.3. The maximum atomic E-state index is 5.09. The van der Waals surface area contributed by atoms with Gasteiger partial charge in [-0.15, -0.1) is 0 Å². The third-order valence-electron chi connectivity index (χ3n) is 5.35. The average molecular weight is 275 g/mol. The van der Waals surface area contributed by atoms with E-state index in [1.165, 1.54) is 55.7 Å². The van der Waals surface area contributed by atoms with Gasteiger partial charge in [-0.05, 0) is 33.1 Å². The van der Waals surface area contributed by atoms with Gasteiger partial charge in [0.1, 0.15) is 5.82 Å². The highest BCUT2D eigenvalue weighted by molar-refractivity contribution is 5.24. The molecule has 1 fully saturated rings. The van der Waals surface area contributed by atoms with Crippen molar-refractivity contribution < 1.29 is 0 Å². The summed E-state index contributed by atoms with van der Waals surface area (Å²) in [6, 6.07) is 0. The van der Waals surface area contributed by atoms with Crippen molar-refractivity contribution in [2.24, 2.45) is 0 Å². The molecule has 3 heteroatoms. The molecule has 0 bridgehead atoms. The van der Waals surface area contributed by atoms with Crippen molar-refractivity contribution in [3.8, 4) is 0 Å². The van der Waals surface area contributed by atoms with Gasteiger partial charge in [-0.1, -0.05) is 26.2 Å². The lowest BCUT2D eigenvalue weighted by molar-refractivity contribution is 0.300. The van der Waals surface area contributed by atoms with Crippen LogP contribution in [-0.2, 0) is 18.5 Å². The molecule has 1 aliphatic heterocycles. The third-order valence-corrected chi connectivity index (χ3v) is 5.35. The molecule has 112 valence electrons. The van der Waals surface area contributed by atoms with Crippen LogP contribution in [0.1, 0.15) is 82.4 Å². The van der Waals surface area contributed by atoms with Crippen LogP contribution >= 0.6 is 0 Å². The zero-order valence-corrected chi connectivity index (χ0v) is 13.3. The number of hydrogen-bond donors (Lipinski definition) is 1. The molecular formula is C17H29N3. The van der Waals surface area contributed by atoms with E-state index >= 15 is 0 Å². The van der Waals surface area contributed by atoms with Crippen LogP contribution in [0.2, 0.25) is 0 Å². The molecule has 0 aromatic carbocycles. The van der Waals surface area contributed by atoms with Crippen molar-refractivity contribution in [3.63, 3.8) is 0 Å². The van der Waals surface area contributed by atoms with Crippen LogP contribution in [0.5, 0.6) is 0 Å². The minimum atomic E-state index is 0.199. The van der Waals surface area contributed by atoms with Crippen LogP contribution in [0.25, 0.3) is 0 Å².